The van der Waals surface area contributed by atoms with Crippen LogP contribution in [0.5, 0.6) is 0 Å². The van der Waals surface area contributed by atoms with E-state index in [4.69, 9.17) is 4.98 Å². The first kappa shape index (κ1) is 29.9. The topological polar surface area (TPSA) is 38.7 Å². The molecular weight excluding hydrogens is 631 g/mol. The molecule has 52 heavy (non-hydrogen) atoms. The normalized spacial score (nSPS) is 11.5. The van der Waals surface area contributed by atoms with Crippen LogP contribution in [0.15, 0.2) is 188 Å². The van der Waals surface area contributed by atoms with E-state index in [-0.39, 0.29) is 0 Å². The van der Waals surface area contributed by atoms with Gasteiger partial charge in [-0.25, -0.2) is 4.98 Å². The maximum absolute atomic E-state index is 5.47. The average Bonchev–Trinajstić information content (AvgIpc) is 3.22. The Morgan fingerprint density at radius 3 is 1.42 bits per heavy atom. The maximum Gasteiger partial charge on any atom is 0.0721 e. The van der Waals surface area contributed by atoms with Gasteiger partial charge >= 0.3 is 0 Å². The Labute approximate surface area is 301 Å². The first-order valence-electron chi connectivity index (χ1n) is 17.6. The Morgan fingerprint density at radius 2 is 0.788 bits per heavy atom. The number of aromatic nitrogens is 3. The van der Waals surface area contributed by atoms with Gasteiger partial charge in [0.1, 0.15) is 0 Å². The highest BCUT2D eigenvalue weighted by molar-refractivity contribution is 6.00. The van der Waals surface area contributed by atoms with Crippen LogP contribution in [0.1, 0.15) is 0 Å². The SMILES string of the molecule is c1cnc2cc(-c3cc(-c4ccc5cccnc5c4)cc(-c4cc(-c5cccc6ccccc56)cc(-c5cccc6ccccc56)n4)c3)ccc2c1. The van der Waals surface area contributed by atoms with Crippen molar-refractivity contribution < 1.29 is 0 Å². The van der Waals surface area contributed by atoms with Gasteiger partial charge in [0.2, 0.25) is 0 Å². The molecule has 0 unspecified atom stereocenters. The van der Waals surface area contributed by atoms with Crippen molar-refractivity contribution in [3.05, 3.63) is 188 Å². The number of nitrogens with zero attached hydrogens (tertiary/aromatic N) is 3. The predicted octanol–water partition coefficient (Wildman–Crippen LogP) is 12.8. The Balaban J connectivity index is 1.24. The first-order valence-corrected chi connectivity index (χ1v) is 17.6. The molecule has 10 rings (SSSR count). The van der Waals surface area contributed by atoms with Crippen LogP contribution in [-0.4, -0.2) is 15.0 Å². The molecule has 10 aromatic rings. The summed E-state index contributed by atoms with van der Waals surface area (Å²) in [5.41, 5.74) is 12.7. The molecule has 0 fully saturated rings. The van der Waals surface area contributed by atoms with Gasteiger partial charge in [-0.05, 0) is 110 Å². The molecule has 0 N–H and O–H groups in total. The number of pyridine rings is 3. The molecule has 0 aliphatic rings. The second kappa shape index (κ2) is 12.4. The highest BCUT2D eigenvalue weighted by atomic mass is 14.7. The zero-order valence-corrected chi connectivity index (χ0v) is 28.2. The summed E-state index contributed by atoms with van der Waals surface area (Å²) in [5.74, 6) is 0. The van der Waals surface area contributed by atoms with Crippen molar-refractivity contribution in [3.63, 3.8) is 0 Å². The quantitative estimate of drug-likeness (QED) is 0.184. The highest BCUT2D eigenvalue weighted by Crippen LogP contribution is 2.39. The smallest absolute Gasteiger partial charge is 0.0721 e. The summed E-state index contributed by atoms with van der Waals surface area (Å²) in [6, 6.07) is 62.8. The molecule has 3 heteroatoms. The second-order valence-electron chi connectivity index (χ2n) is 13.3. The number of benzene rings is 7. The molecule has 0 aliphatic carbocycles. The molecule has 0 aliphatic heterocycles. The lowest BCUT2D eigenvalue weighted by Gasteiger charge is -2.15. The van der Waals surface area contributed by atoms with Crippen molar-refractivity contribution in [1.82, 2.24) is 15.0 Å². The van der Waals surface area contributed by atoms with Crippen LogP contribution in [0.4, 0.5) is 0 Å². The van der Waals surface area contributed by atoms with Crippen molar-refractivity contribution in [2.45, 2.75) is 0 Å². The van der Waals surface area contributed by atoms with Crippen molar-refractivity contribution in [1.29, 1.82) is 0 Å². The lowest BCUT2D eigenvalue weighted by Crippen LogP contribution is -1.94. The van der Waals surface area contributed by atoms with E-state index >= 15 is 0 Å². The van der Waals surface area contributed by atoms with Gasteiger partial charge in [0.25, 0.3) is 0 Å². The summed E-state index contributed by atoms with van der Waals surface area (Å²) in [5, 5.41) is 7.04. The Morgan fingerprint density at radius 1 is 0.288 bits per heavy atom. The van der Waals surface area contributed by atoms with Crippen molar-refractivity contribution >= 4 is 43.4 Å². The molecule has 242 valence electrons. The molecule has 0 atom stereocenters. The first-order chi connectivity index (χ1) is 25.7. The van der Waals surface area contributed by atoms with E-state index in [1.807, 2.05) is 24.5 Å². The van der Waals surface area contributed by atoms with E-state index in [2.05, 4.69) is 174 Å². The van der Waals surface area contributed by atoms with Crippen LogP contribution < -0.4 is 0 Å². The number of hydrogen-bond donors (Lipinski definition) is 0. The van der Waals surface area contributed by atoms with Crippen LogP contribution in [0, 0.1) is 0 Å². The third kappa shape index (κ3) is 5.37. The average molecular weight is 662 g/mol. The van der Waals surface area contributed by atoms with Crippen LogP contribution in [0.25, 0.3) is 99.2 Å². The fourth-order valence-corrected chi connectivity index (χ4v) is 7.50. The minimum atomic E-state index is 0.911. The van der Waals surface area contributed by atoms with Gasteiger partial charge in [0.05, 0.1) is 22.4 Å². The molecule has 7 aromatic carbocycles. The lowest BCUT2D eigenvalue weighted by atomic mass is 9.91. The third-order valence-electron chi connectivity index (χ3n) is 10.1. The van der Waals surface area contributed by atoms with Gasteiger partial charge < -0.3 is 0 Å². The molecule has 0 saturated heterocycles. The number of hydrogen-bond acceptors (Lipinski definition) is 3. The Hall–Kier alpha value is -6.97. The summed E-state index contributed by atoms with van der Waals surface area (Å²) in [7, 11) is 0. The van der Waals surface area contributed by atoms with Crippen LogP contribution >= 0.6 is 0 Å². The van der Waals surface area contributed by atoms with Gasteiger partial charge in [-0.2, -0.15) is 0 Å². The van der Waals surface area contributed by atoms with E-state index in [9.17, 15) is 0 Å². The van der Waals surface area contributed by atoms with Crippen LogP contribution in [-0.2, 0) is 0 Å². The minimum absolute atomic E-state index is 0.911. The summed E-state index contributed by atoms with van der Waals surface area (Å²) in [6.07, 6.45) is 3.71. The monoisotopic (exact) mass is 661 g/mol. The molecule has 3 heterocycles. The minimum Gasteiger partial charge on any atom is -0.256 e. The third-order valence-corrected chi connectivity index (χ3v) is 10.1. The number of rotatable bonds is 5. The zero-order valence-electron chi connectivity index (χ0n) is 28.2. The fraction of sp³-hybridized carbons (Fsp3) is 0. The summed E-state index contributed by atoms with van der Waals surface area (Å²) in [6.45, 7) is 0. The molecule has 0 bridgehead atoms. The molecule has 0 radical (unpaired) electrons. The maximum atomic E-state index is 5.47. The van der Waals surface area contributed by atoms with E-state index in [0.29, 0.717) is 0 Å². The number of fused-ring (bicyclic) bond motifs is 4. The van der Waals surface area contributed by atoms with E-state index < -0.39 is 0 Å². The Bertz CT molecular complexity index is 2770. The summed E-state index contributed by atoms with van der Waals surface area (Å²) < 4.78 is 0. The van der Waals surface area contributed by atoms with Gasteiger partial charge in [-0.1, -0.05) is 121 Å². The summed E-state index contributed by atoms with van der Waals surface area (Å²) in [4.78, 5) is 14.8. The van der Waals surface area contributed by atoms with E-state index in [1.165, 1.54) is 27.1 Å². The molecule has 0 amide bonds. The summed E-state index contributed by atoms with van der Waals surface area (Å²) >= 11 is 0. The molecule has 3 nitrogen and oxygen atoms in total. The molecular formula is C49H31N3. The van der Waals surface area contributed by atoms with E-state index in [1.54, 1.807) is 0 Å². The van der Waals surface area contributed by atoms with Crippen molar-refractivity contribution in [2.75, 3.05) is 0 Å². The Kier molecular flexibility index (Phi) is 7.14. The van der Waals surface area contributed by atoms with Crippen LogP contribution in [0.3, 0.4) is 0 Å². The van der Waals surface area contributed by atoms with Crippen molar-refractivity contribution in [2.24, 2.45) is 0 Å². The van der Waals surface area contributed by atoms with Crippen LogP contribution in [0.2, 0.25) is 0 Å². The van der Waals surface area contributed by atoms with E-state index in [0.717, 1.165) is 72.1 Å². The molecule has 0 saturated carbocycles. The fourth-order valence-electron chi connectivity index (χ4n) is 7.50. The van der Waals surface area contributed by atoms with Crippen molar-refractivity contribution in [3.8, 4) is 55.9 Å². The second-order valence-corrected chi connectivity index (χ2v) is 13.3. The van der Waals surface area contributed by atoms with Gasteiger partial charge in [0, 0.05) is 34.3 Å². The van der Waals surface area contributed by atoms with Gasteiger partial charge in [0.15, 0.2) is 0 Å². The largest absolute Gasteiger partial charge is 0.256 e. The lowest BCUT2D eigenvalue weighted by molar-refractivity contribution is 1.33. The molecule has 3 aromatic heterocycles. The predicted molar refractivity (Wildman–Crippen MR) is 217 cm³/mol. The van der Waals surface area contributed by atoms with Gasteiger partial charge in [-0.3, -0.25) is 9.97 Å². The standard InChI is InChI=1S/C49H31N3/c1-3-15-42-32(9-1)11-5-17-44(42)40-30-48(52-49(31-40)45-18-6-12-33-10-2-4-16-43(33)45)41-26-38(36-21-19-34-13-7-23-50-46(34)28-36)25-39(27-41)37-22-20-35-14-8-24-51-47(35)29-37/h1-31H. The highest BCUT2D eigenvalue weighted by Gasteiger charge is 2.15. The molecule has 0 spiro atoms. The zero-order chi connectivity index (χ0) is 34.4. The van der Waals surface area contributed by atoms with Gasteiger partial charge in [-0.15, -0.1) is 0 Å².